The lowest BCUT2D eigenvalue weighted by Crippen LogP contribution is -2.47. The van der Waals surface area contributed by atoms with Crippen LogP contribution in [0.5, 0.6) is 0 Å². The lowest BCUT2D eigenvalue weighted by Gasteiger charge is -2.28. The quantitative estimate of drug-likeness (QED) is 0.863. The van der Waals surface area contributed by atoms with Crippen molar-refractivity contribution in [2.45, 2.75) is 49.6 Å². The van der Waals surface area contributed by atoms with Crippen molar-refractivity contribution >= 4 is 11.0 Å². The molecule has 1 aliphatic carbocycles. The molecule has 0 spiro atoms. The van der Waals surface area contributed by atoms with E-state index in [4.69, 9.17) is 5.73 Å². The molecule has 1 aromatic carbocycles. The smallest absolute Gasteiger partial charge is 0.125 e. The zero-order valence-electron chi connectivity index (χ0n) is 10.2. The summed E-state index contributed by atoms with van der Waals surface area (Å²) in [5.41, 5.74) is 7.21. The predicted octanol–water partition coefficient (Wildman–Crippen LogP) is 1.88. The van der Waals surface area contributed by atoms with E-state index in [1.807, 2.05) is 31.2 Å². The van der Waals surface area contributed by atoms with Crippen LogP contribution in [0.3, 0.4) is 0 Å². The molecule has 0 saturated heterocycles. The molecule has 0 heterocycles. The van der Waals surface area contributed by atoms with E-state index in [0.717, 1.165) is 17.7 Å². The van der Waals surface area contributed by atoms with Crippen LogP contribution in [0.15, 0.2) is 29.2 Å². The molecular weight excluding hydrogens is 232 g/mol. The summed E-state index contributed by atoms with van der Waals surface area (Å²) in [6.45, 7) is 2.02. The van der Waals surface area contributed by atoms with Gasteiger partial charge in [0, 0.05) is 12.1 Å². The summed E-state index contributed by atoms with van der Waals surface area (Å²) in [5.74, 6) is 0. The Labute approximate surface area is 105 Å². The third-order valence-corrected chi connectivity index (χ3v) is 4.53. The molecule has 17 heavy (non-hydrogen) atoms. The van der Waals surface area contributed by atoms with E-state index in [1.165, 1.54) is 18.4 Å². The molecule has 1 aromatic rings. The Morgan fingerprint density at radius 2 is 1.88 bits per heavy atom. The molecule has 0 aromatic heterocycles. The van der Waals surface area contributed by atoms with Gasteiger partial charge in [-0.3, -0.25) is 0 Å². The first kappa shape index (κ1) is 12.7. The fourth-order valence-electron chi connectivity index (χ4n) is 2.17. The van der Waals surface area contributed by atoms with E-state index < -0.39 is 11.0 Å². The normalized spacial score (nSPS) is 26.7. The van der Waals surface area contributed by atoms with Crippen molar-refractivity contribution in [3.05, 3.63) is 29.8 Å². The molecule has 3 nitrogen and oxygen atoms in total. The van der Waals surface area contributed by atoms with Gasteiger partial charge in [0.2, 0.25) is 0 Å². The van der Waals surface area contributed by atoms with E-state index >= 15 is 0 Å². The number of nitrogens with one attached hydrogen (secondary N) is 1. The summed E-state index contributed by atoms with van der Waals surface area (Å²) in [6.07, 6.45) is 4.43. The lowest BCUT2D eigenvalue weighted by atomic mass is 9.92. The molecule has 1 aliphatic rings. The van der Waals surface area contributed by atoms with Crippen molar-refractivity contribution in [3.8, 4) is 0 Å². The Kier molecular flexibility index (Phi) is 4.31. The van der Waals surface area contributed by atoms with E-state index in [0.29, 0.717) is 0 Å². The Bertz CT molecular complexity index is 391. The van der Waals surface area contributed by atoms with Gasteiger partial charge in [-0.05, 0) is 31.9 Å². The van der Waals surface area contributed by atoms with Gasteiger partial charge in [0.15, 0.2) is 0 Å². The van der Waals surface area contributed by atoms with Gasteiger partial charge in [0.05, 0.1) is 4.90 Å². The predicted molar refractivity (Wildman–Crippen MR) is 71.0 cm³/mol. The molecule has 94 valence electrons. The first-order valence-corrected chi connectivity index (χ1v) is 7.32. The molecule has 3 N–H and O–H groups in total. The molecule has 1 fully saturated rings. The van der Waals surface area contributed by atoms with Crippen LogP contribution < -0.4 is 10.5 Å². The van der Waals surface area contributed by atoms with Crippen LogP contribution in [0.2, 0.25) is 0 Å². The molecule has 3 atom stereocenters. The SMILES string of the molecule is Cc1ccc(S(=O)N[C@@H]2CCCC[C@H]2N)cc1. The van der Waals surface area contributed by atoms with Crippen molar-refractivity contribution in [1.29, 1.82) is 0 Å². The zero-order chi connectivity index (χ0) is 12.3. The third-order valence-electron chi connectivity index (χ3n) is 3.31. The highest BCUT2D eigenvalue weighted by atomic mass is 32.2. The topological polar surface area (TPSA) is 55.1 Å². The first-order chi connectivity index (χ1) is 8.16. The van der Waals surface area contributed by atoms with Crippen LogP contribution >= 0.6 is 0 Å². The molecule has 1 saturated carbocycles. The average molecular weight is 252 g/mol. The maximum Gasteiger partial charge on any atom is 0.125 e. The van der Waals surface area contributed by atoms with Crippen LogP contribution in [-0.2, 0) is 11.0 Å². The van der Waals surface area contributed by atoms with Gasteiger partial charge in [-0.15, -0.1) is 0 Å². The van der Waals surface area contributed by atoms with E-state index in [2.05, 4.69) is 4.72 Å². The fourth-order valence-corrected chi connectivity index (χ4v) is 3.26. The zero-order valence-corrected chi connectivity index (χ0v) is 11.0. The molecular formula is C13H20N2OS. The van der Waals surface area contributed by atoms with Crippen LogP contribution in [0.1, 0.15) is 31.2 Å². The molecule has 1 unspecified atom stereocenters. The minimum absolute atomic E-state index is 0.137. The van der Waals surface area contributed by atoms with Crippen LogP contribution in [-0.4, -0.2) is 16.3 Å². The summed E-state index contributed by atoms with van der Waals surface area (Å²) >= 11 is 0. The molecule has 0 amide bonds. The number of rotatable bonds is 3. The maximum absolute atomic E-state index is 12.1. The Balaban J connectivity index is 1.98. The van der Waals surface area contributed by atoms with Gasteiger partial charge in [0.1, 0.15) is 11.0 Å². The second-order valence-corrected chi connectivity index (χ2v) is 6.00. The van der Waals surface area contributed by atoms with E-state index in [1.54, 1.807) is 0 Å². The second-order valence-electron chi connectivity index (χ2n) is 4.75. The Morgan fingerprint density at radius 3 is 2.53 bits per heavy atom. The summed E-state index contributed by atoms with van der Waals surface area (Å²) < 4.78 is 15.3. The van der Waals surface area contributed by atoms with Gasteiger partial charge in [-0.2, -0.15) is 0 Å². The maximum atomic E-state index is 12.1. The molecule has 0 radical (unpaired) electrons. The number of hydrogen-bond acceptors (Lipinski definition) is 2. The van der Waals surface area contributed by atoms with Crippen LogP contribution in [0, 0.1) is 6.92 Å². The highest BCUT2D eigenvalue weighted by Crippen LogP contribution is 2.18. The number of hydrogen-bond donors (Lipinski definition) is 2. The minimum Gasteiger partial charge on any atom is -0.326 e. The Morgan fingerprint density at radius 1 is 1.24 bits per heavy atom. The molecule has 4 heteroatoms. The van der Waals surface area contributed by atoms with E-state index in [-0.39, 0.29) is 12.1 Å². The summed E-state index contributed by atoms with van der Waals surface area (Å²) in [7, 11) is -1.14. The number of benzene rings is 1. The third kappa shape index (κ3) is 3.37. The van der Waals surface area contributed by atoms with Gasteiger partial charge < -0.3 is 5.73 Å². The monoisotopic (exact) mass is 252 g/mol. The van der Waals surface area contributed by atoms with Crippen molar-refractivity contribution in [2.24, 2.45) is 5.73 Å². The van der Waals surface area contributed by atoms with Crippen molar-refractivity contribution < 1.29 is 4.21 Å². The van der Waals surface area contributed by atoms with Crippen LogP contribution in [0.4, 0.5) is 0 Å². The highest BCUT2D eigenvalue weighted by molar-refractivity contribution is 7.83. The number of nitrogens with two attached hydrogens (primary N) is 1. The minimum atomic E-state index is -1.14. The summed E-state index contributed by atoms with van der Waals surface area (Å²) in [6, 6.07) is 8.11. The summed E-state index contributed by atoms with van der Waals surface area (Å²) in [4.78, 5) is 0.827. The number of aryl methyl sites for hydroxylation is 1. The standard InChI is InChI=1S/C13H20N2OS/c1-10-6-8-11(9-7-10)17(16)15-13-5-3-2-4-12(13)14/h6-9,12-13,15H,2-5,14H2,1H3/t12-,13-,17?/m1/s1. The Hall–Kier alpha value is -0.710. The summed E-state index contributed by atoms with van der Waals surface area (Å²) in [5, 5.41) is 0. The second kappa shape index (κ2) is 5.76. The molecule has 0 aliphatic heterocycles. The van der Waals surface area contributed by atoms with Crippen molar-refractivity contribution in [3.63, 3.8) is 0 Å². The van der Waals surface area contributed by atoms with Gasteiger partial charge >= 0.3 is 0 Å². The average Bonchev–Trinajstić information content (AvgIpc) is 2.33. The van der Waals surface area contributed by atoms with Crippen molar-refractivity contribution in [1.82, 2.24) is 4.72 Å². The van der Waals surface area contributed by atoms with Gasteiger partial charge in [-0.25, -0.2) is 8.93 Å². The van der Waals surface area contributed by atoms with Crippen molar-refractivity contribution in [2.75, 3.05) is 0 Å². The molecule has 0 bridgehead atoms. The van der Waals surface area contributed by atoms with E-state index in [9.17, 15) is 4.21 Å². The first-order valence-electron chi connectivity index (χ1n) is 6.17. The molecule has 2 rings (SSSR count). The van der Waals surface area contributed by atoms with Gasteiger partial charge in [0.25, 0.3) is 0 Å². The highest BCUT2D eigenvalue weighted by Gasteiger charge is 2.23. The van der Waals surface area contributed by atoms with Crippen LogP contribution in [0.25, 0.3) is 0 Å². The lowest BCUT2D eigenvalue weighted by molar-refractivity contribution is 0.365. The largest absolute Gasteiger partial charge is 0.326 e. The fraction of sp³-hybridized carbons (Fsp3) is 0.538. The van der Waals surface area contributed by atoms with Gasteiger partial charge in [-0.1, -0.05) is 30.5 Å².